The van der Waals surface area contributed by atoms with Gasteiger partial charge in [0.1, 0.15) is 28.9 Å². The van der Waals surface area contributed by atoms with Gasteiger partial charge < -0.3 is 20.8 Å². The number of carboxylic acids is 1. The van der Waals surface area contributed by atoms with Crippen LogP contribution in [0.5, 0.6) is 5.75 Å². The highest BCUT2D eigenvalue weighted by molar-refractivity contribution is 8.01. The minimum Gasteiger partial charge on any atom is -0.507 e. The van der Waals surface area contributed by atoms with Gasteiger partial charge in [-0.25, -0.2) is 17.9 Å². The number of aromatic nitrogens is 4. The molecule has 0 saturated carbocycles. The Kier molecular flexibility index (Phi) is 9.03. The molecular formula is C26H26N8O8S3. The normalized spacial score (nSPS) is 18.4. The molecule has 19 heteroatoms. The number of nitrogens with zero attached hydrogens (tertiary/aromatic N) is 5. The number of hydrogen-bond acceptors (Lipinski definition) is 12. The zero-order valence-corrected chi connectivity index (χ0v) is 26.0. The highest BCUT2D eigenvalue weighted by Crippen LogP contribution is 2.41. The number of benzene rings is 2. The summed E-state index contributed by atoms with van der Waals surface area (Å²) in [7, 11) is -2.03. The van der Waals surface area contributed by atoms with E-state index in [4.69, 9.17) is 0 Å². The van der Waals surface area contributed by atoms with E-state index in [-0.39, 0.29) is 39.8 Å². The number of aromatic hydroxyl groups is 1. The Hall–Kier alpha value is -4.62. The number of carbonyl (C=O) groups is 4. The van der Waals surface area contributed by atoms with Crippen LogP contribution in [0.25, 0.3) is 0 Å². The topological polar surface area (TPSA) is 226 Å². The van der Waals surface area contributed by atoms with Gasteiger partial charge in [0.15, 0.2) is 0 Å². The molecule has 5 N–H and O–H groups in total. The van der Waals surface area contributed by atoms with Gasteiger partial charge >= 0.3 is 5.97 Å². The van der Waals surface area contributed by atoms with Crippen molar-refractivity contribution >= 4 is 62.9 Å². The first kappa shape index (κ1) is 31.8. The number of aryl methyl sites for hydroxylation is 1. The number of anilines is 1. The average molecular weight is 675 g/mol. The van der Waals surface area contributed by atoms with Crippen LogP contribution in [0.3, 0.4) is 0 Å². The number of fused-ring (bicyclic) bond motifs is 1. The van der Waals surface area contributed by atoms with E-state index in [1.807, 2.05) is 0 Å². The number of sulfonamides is 1. The van der Waals surface area contributed by atoms with E-state index in [0.717, 1.165) is 11.2 Å². The molecule has 0 aliphatic carbocycles. The van der Waals surface area contributed by atoms with Crippen molar-refractivity contribution < 1.29 is 37.8 Å². The SMILES string of the molecule is Cn1nnnc1SCC1=C(C(=O)O)N2C(=O)C(NC(=O)C(NC(=O)c3ccccc3O)c3cccc(NS(C)(=O)=O)c3)[C@@H]2SC1. The molecule has 3 amide bonds. The van der Waals surface area contributed by atoms with E-state index in [2.05, 4.69) is 30.9 Å². The molecule has 5 rings (SSSR count). The van der Waals surface area contributed by atoms with E-state index in [1.54, 1.807) is 7.05 Å². The van der Waals surface area contributed by atoms with Gasteiger partial charge in [0.2, 0.25) is 21.1 Å². The third-order valence-corrected chi connectivity index (χ3v) is 9.76. The third-order valence-electron chi connectivity index (χ3n) is 6.71. The van der Waals surface area contributed by atoms with Crippen molar-refractivity contribution in [2.75, 3.05) is 22.5 Å². The first-order valence-electron chi connectivity index (χ1n) is 13.1. The van der Waals surface area contributed by atoms with Crippen LogP contribution in [0, 0.1) is 0 Å². The number of hydrogen-bond donors (Lipinski definition) is 5. The monoisotopic (exact) mass is 674 g/mol. The molecule has 3 atom stereocenters. The Morgan fingerprint density at radius 1 is 1.18 bits per heavy atom. The lowest BCUT2D eigenvalue weighted by Crippen LogP contribution is -2.71. The molecular weight excluding hydrogens is 649 g/mol. The fourth-order valence-electron chi connectivity index (χ4n) is 4.70. The molecule has 16 nitrogen and oxygen atoms in total. The number of rotatable bonds is 11. The van der Waals surface area contributed by atoms with Gasteiger partial charge in [-0.2, -0.15) is 0 Å². The molecule has 2 aliphatic heterocycles. The van der Waals surface area contributed by atoms with E-state index in [9.17, 15) is 37.8 Å². The number of nitrogens with one attached hydrogen (secondary N) is 3. The van der Waals surface area contributed by atoms with Gasteiger partial charge in [0.25, 0.3) is 11.8 Å². The molecule has 1 aromatic heterocycles. The first-order chi connectivity index (χ1) is 21.3. The van der Waals surface area contributed by atoms with E-state index < -0.39 is 51.2 Å². The molecule has 0 bridgehead atoms. The van der Waals surface area contributed by atoms with Crippen molar-refractivity contribution in [1.82, 2.24) is 35.7 Å². The predicted octanol–water partition coefficient (Wildman–Crippen LogP) is 0.289. The molecule has 0 spiro atoms. The second-order valence-electron chi connectivity index (χ2n) is 9.95. The number of phenols is 1. The summed E-state index contributed by atoms with van der Waals surface area (Å²) in [5.74, 6) is -3.43. The van der Waals surface area contributed by atoms with Crippen molar-refractivity contribution in [2.24, 2.45) is 7.05 Å². The number of β-lactam (4-membered cyclic amide) rings is 1. The van der Waals surface area contributed by atoms with Crippen LogP contribution in [-0.2, 0) is 31.5 Å². The highest BCUT2D eigenvalue weighted by Gasteiger charge is 2.54. The second kappa shape index (κ2) is 12.8. The summed E-state index contributed by atoms with van der Waals surface area (Å²) in [6.45, 7) is 0. The summed E-state index contributed by atoms with van der Waals surface area (Å²) < 4.78 is 27.3. The third kappa shape index (κ3) is 6.89. The van der Waals surface area contributed by atoms with Gasteiger partial charge in [0.05, 0.1) is 11.8 Å². The summed E-state index contributed by atoms with van der Waals surface area (Å²) in [4.78, 5) is 53.5. The minimum atomic E-state index is -3.67. The van der Waals surface area contributed by atoms with Gasteiger partial charge in [-0.1, -0.05) is 36.0 Å². The molecule has 236 valence electrons. The van der Waals surface area contributed by atoms with Gasteiger partial charge in [-0.3, -0.25) is 24.0 Å². The first-order valence-corrected chi connectivity index (χ1v) is 17.0. The number of para-hydroxylation sites is 1. The Morgan fingerprint density at radius 3 is 2.60 bits per heavy atom. The standard InChI is InChI=1S/C26H26N8O8S3/c1-33-26(29-31-32-33)44-12-14-11-43-24-19(23(38)34(24)20(14)25(39)40)28-22(37)18(27-21(36)16-8-3-4-9-17(16)35)13-6-5-7-15(10-13)30-45(2,41)42/h3-10,18-19,24,30,35H,11-12H2,1-2H3,(H,27,36)(H,28,37)(H,39,40)/t18?,19?,24-/m0/s1. The van der Waals surface area contributed by atoms with Crippen LogP contribution < -0.4 is 15.4 Å². The summed E-state index contributed by atoms with van der Waals surface area (Å²) in [6, 6.07) is 8.89. The molecule has 45 heavy (non-hydrogen) atoms. The zero-order chi connectivity index (χ0) is 32.5. The van der Waals surface area contributed by atoms with Crippen LogP contribution in [0.2, 0.25) is 0 Å². The Balaban J connectivity index is 1.38. The molecule has 2 unspecified atom stereocenters. The van der Waals surface area contributed by atoms with Crippen molar-refractivity contribution in [1.29, 1.82) is 0 Å². The van der Waals surface area contributed by atoms with Gasteiger partial charge in [-0.15, -0.1) is 16.9 Å². The molecule has 1 fully saturated rings. The fraction of sp³-hybridized carbons (Fsp3) is 0.269. The summed E-state index contributed by atoms with van der Waals surface area (Å²) in [5.41, 5.74) is 0.484. The zero-order valence-electron chi connectivity index (χ0n) is 23.6. The van der Waals surface area contributed by atoms with Crippen molar-refractivity contribution in [3.8, 4) is 5.75 Å². The smallest absolute Gasteiger partial charge is 0.352 e. The van der Waals surface area contributed by atoms with Crippen LogP contribution in [-0.4, -0.2) is 96.6 Å². The average Bonchev–Trinajstić information content (AvgIpc) is 3.40. The lowest BCUT2D eigenvalue weighted by molar-refractivity contribution is -0.151. The van der Waals surface area contributed by atoms with Crippen molar-refractivity contribution in [3.05, 3.63) is 70.9 Å². The fourth-order valence-corrected chi connectivity index (χ4v) is 7.59. The van der Waals surface area contributed by atoms with E-state index in [0.29, 0.717) is 10.7 Å². The summed E-state index contributed by atoms with van der Waals surface area (Å²) in [6.07, 6.45) is 0.955. The maximum atomic E-state index is 13.7. The Morgan fingerprint density at radius 2 is 1.93 bits per heavy atom. The lowest BCUT2D eigenvalue weighted by Gasteiger charge is -2.49. The van der Waals surface area contributed by atoms with E-state index >= 15 is 0 Å². The van der Waals surface area contributed by atoms with Gasteiger partial charge in [0, 0.05) is 24.2 Å². The number of carbonyl (C=O) groups excluding carboxylic acids is 3. The van der Waals surface area contributed by atoms with Crippen LogP contribution in [0.1, 0.15) is 22.0 Å². The Bertz CT molecular complexity index is 1830. The second-order valence-corrected chi connectivity index (χ2v) is 13.7. The number of aliphatic carboxylic acids is 1. The molecule has 3 aromatic rings. The maximum Gasteiger partial charge on any atom is 0.352 e. The number of phenolic OH excluding ortho intramolecular Hbond substituents is 1. The largest absolute Gasteiger partial charge is 0.507 e. The molecule has 3 heterocycles. The predicted molar refractivity (Wildman–Crippen MR) is 162 cm³/mol. The molecule has 2 aromatic carbocycles. The molecule has 2 aliphatic rings. The summed E-state index contributed by atoms with van der Waals surface area (Å²) >= 11 is 2.48. The molecule has 0 radical (unpaired) electrons. The summed E-state index contributed by atoms with van der Waals surface area (Å²) in [5, 5.41) is 36.2. The van der Waals surface area contributed by atoms with Gasteiger partial charge in [-0.05, 0) is 45.8 Å². The lowest BCUT2D eigenvalue weighted by atomic mass is 10.0. The van der Waals surface area contributed by atoms with E-state index in [1.165, 1.54) is 76.7 Å². The van der Waals surface area contributed by atoms with Crippen molar-refractivity contribution in [2.45, 2.75) is 22.6 Å². The number of thioether (sulfide) groups is 2. The van der Waals surface area contributed by atoms with Crippen LogP contribution >= 0.6 is 23.5 Å². The highest BCUT2D eigenvalue weighted by atomic mass is 32.2. The number of carboxylic acid groups (broad SMARTS) is 1. The van der Waals surface area contributed by atoms with Crippen molar-refractivity contribution in [3.63, 3.8) is 0 Å². The quantitative estimate of drug-likeness (QED) is 0.136. The van der Waals surface area contributed by atoms with Crippen LogP contribution in [0.4, 0.5) is 5.69 Å². The minimum absolute atomic E-state index is 0.117. The number of amides is 3. The number of tetrazole rings is 1. The maximum absolute atomic E-state index is 13.7. The molecule has 1 saturated heterocycles. The Labute approximate surface area is 264 Å². The van der Waals surface area contributed by atoms with Crippen LogP contribution in [0.15, 0.2) is 65.0 Å².